The standard InChI is InChI=1S/C13H20N4O2/c1-9(16-8-7-12(18)15-2)10-3-5-11(6-4-10)17-13(14)19/h3-6,9,16H,7-8H2,1-2H3,(H,15,18)(H3,14,17,19). The van der Waals surface area contributed by atoms with Gasteiger partial charge in [-0.05, 0) is 24.6 Å². The predicted molar refractivity (Wildman–Crippen MR) is 74.7 cm³/mol. The van der Waals surface area contributed by atoms with Crippen LogP contribution in [0.4, 0.5) is 10.5 Å². The lowest BCUT2D eigenvalue weighted by Crippen LogP contribution is -2.26. The number of nitrogens with one attached hydrogen (secondary N) is 3. The van der Waals surface area contributed by atoms with Gasteiger partial charge in [0.1, 0.15) is 0 Å². The van der Waals surface area contributed by atoms with Gasteiger partial charge in [-0.25, -0.2) is 4.79 Å². The van der Waals surface area contributed by atoms with E-state index in [0.717, 1.165) is 5.56 Å². The quantitative estimate of drug-likeness (QED) is 0.616. The van der Waals surface area contributed by atoms with Crippen LogP contribution in [0.25, 0.3) is 0 Å². The molecule has 0 saturated heterocycles. The molecule has 1 atom stereocenters. The molecule has 19 heavy (non-hydrogen) atoms. The largest absolute Gasteiger partial charge is 0.359 e. The Kier molecular flexibility index (Phi) is 5.81. The Morgan fingerprint density at radius 1 is 1.26 bits per heavy atom. The lowest BCUT2D eigenvalue weighted by molar-refractivity contribution is -0.120. The van der Waals surface area contributed by atoms with Gasteiger partial charge in [-0.1, -0.05) is 12.1 Å². The third-order valence-electron chi connectivity index (χ3n) is 2.76. The number of carbonyl (C=O) groups excluding carboxylic acids is 2. The second-order valence-electron chi connectivity index (χ2n) is 4.21. The van der Waals surface area contributed by atoms with E-state index in [1.165, 1.54) is 0 Å². The number of primary amides is 1. The lowest BCUT2D eigenvalue weighted by atomic mass is 10.1. The molecule has 1 aromatic rings. The summed E-state index contributed by atoms with van der Waals surface area (Å²) in [5.74, 6) is 0.0145. The van der Waals surface area contributed by atoms with Crippen molar-refractivity contribution in [1.29, 1.82) is 0 Å². The second-order valence-corrected chi connectivity index (χ2v) is 4.21. The third-order valence-corrected chi connectivity index (χ3v) is 2.76. The van der Waals surface area contributed by atoms with E-state index < -0.39 is 6.03 Å². The van der Waals surface area contributed by atoms with Gasteiger partial charge < -0.3 is 21.7 Å². The summed E-state index contributed by atoms with van der Waals surface area (Å²) in [5, 5.41) is 8.33. The van der Waals surface area contributed by atoms with Crippen molar-refractivity contribution in [2.45, 2.75) is 19.4 Å². The molecule has 0 radical (unpaired) electrons. The van der Waals surface area contributed by atoms with Gasteiger partial charge in [0.25, 0.3) is 0 Å². The average Bonchev–Trinajstić information content (AvgIpc) is 2.38. The molecule has 0 heterocycles. The van der Waals surface area contributed by atoms with Crippen LogP contribution in [0.5, 0.6) is 0 Å². The first-order chi connectivity index (χ1) is 9.02. The highest BCUT2D eigenvalue weighted by Gasteiger charge is 2.06. The van der Waals surface area contributed by atoms with Crippen LogP contribution >= 0.6 is 0 Å². The van der Waals surface area contributed by atoms with Gasteiger partial charge in [-0.2, -0.15) is 0 Å². The molecule has 5 N–H and O–H groups in total. The fraction of sp³-hybridized carbons (Fsp3) is 0.385. The monoisotopic (exact) mass is 264 g/mol. The minimum absolute atomic E-state index is 0.0145. The molecule has 104 valence electrons. The molecular weight excluding hydrogens is 244 g/mol. The number of urea groups is 1. The maximum Gasteiger partial charge on any atom is 0.316 e. The minimum Gasteiger partial charge on any atom is -0.359 e. The molecule has 0 aliphatic rings. The zero-order valence-corrected chi connectivity index (χ0v) is 11.2. The van der Waals surface area contributed by atoms with Crippen molar-refractivity contribution in [1.82, 2.24) is 10.6 Å². The lowest BCUT2D eigenvalue weighted by Gasteiger charge is -2.14. The predicted octanol–water partition coefficient (Wildman–Crippen LogP) is 0.964. The Balaban J connectivity index is 2.46. The zero-order chi connectivity index (χ0) is 14.3. The molecule has 0 aliphatic carbocycles. The Morgan fingerprint density at radius 3 is 2.42 bits per heavy atom. The Morgan fingerprint density at radius 2 is 1.89 bits per heavy atom. The van der Waals surface area contributed by atoms with Crippen LogP contribution in [0, 0.1) is 0 Å². The summed E-state index contributed by atoms with van der Waals surface area (Å²) in [6.07, 6.45) is 0.447. The van der Waals surface area contributed by atoms with Crippen molar-refractivity contribution in [3.8, 4) is 0 Å². The smallest absolute Gasteiger partial charge is 0.316 e. The van der Waals surface area contributed by atoms with Crippen LogP contribution in [0.1, 0.15) is 24.9 Å². The van der Waals surface area contributed by atoms with Crippen LogP contribution in [0.3, 0.4) is 0 Å². The molecule has 1 aromatic carbocycles. The Hall–Kier alpha value is -2.08. The topological polar surface area (TPSA) is 96.2 Å². The average molecular weight is 264 g/mol. The first-order valence-electron chi connectivity index (χ1n) is 6.13. The molecule has 0 aromatic heterocycles. The molecule has 6 heteroatoms. The van der Waals surface area contributed by atoms with Gasteiger partial charge in [0.15, 0.2) is 0 Å². The summed E-state index contributed by atoms with van der Waals surface area (Å²) in [7, 11) is 1.62. The van der Waals surface area contributed by atoms with Gasteiger partial charge in [-0.15, -0.1) is 0 Å². The molecule has 3 amide bonds. The van der Waals surface area contributed by atoms with E-state index in [2.05, 4.69) is 16.0 Å². The summed E-state index contributed by atoms with van der Waals surface area (Å²) in [4.78, 5) is 21.8. The van der Waals surface area contributed by atoms with Crippen molar-refractivity contribution >= 4 is 17.6 Å². The zero-order valence-electron chi connectivity index (χ0n) is 11.2. The highest BCUT2D eigenvalue weighted by Crippen LogP contribution is 2.15. The van der Waals surface area contributed by atoms with Crippen LogP contribution in [0.2, 0.25) is 0 Å². The van der Waals surface area contributed by atoms with Crippen molar-refractivity contribution in [2.75, 3.05) is 18.9 Å². The van der Waals surface area contributed by atoms with E-state index in [9.17, 15) is 9.59 Å². The van der Waals surface area contributed by atoms with Gasteiger partial charge in [0.2, 0.25) is 5.91 Å². The number of hydrogen-bond acceptors (Lipinski definition) is 3. The van der Waals surface area contributed by atoms with Crippen LogP contribution < -0.4 is 21.7 Å². The first kappa shape index (κ1) is 15.0. The molecule has 0 aliphatic heterocycles. The fourth-order valence-corrected chi connectivity index (χ4v) is 1.64. The number of rotatable bonds is 6. The molecule has 1 rings (SSSR count). The molecular formula is C13H20N4O2. The summed E-state index contributed by atoms with van der Waals surface area (Å²) < 4.78 is 0. The van der Waals surface area contributed by atoms with E-state index in [-0.39, 0.29) is 11.9 Å². The van der Waals surface area contributed by atoms with E-state index >= 15 is 0 Å². The highest BCUT2D eigenvalue weighted by molar-refractivity contribution is 5.87. The molecule has 0 spiro atoms. The molecule has 1 unspecified atom stereocenters. The van der Waals surface area contributed by atoms with E-state index in [1.54, 1.807) is 19.2 Å². The summed E-state index contributed by atoms with van der Waals surface area (Å²) >= 11 is 0. The minimum atomic E-state index is -0.579. The Bertz CT molecular complexity index is 431. The SMILES string of the molecule is CNC(=O)CCNC(C)c1ccc(NC(N)=O)cc1. The summed E-state index contributed by atoms with van der Waals surface area (Å²) in [6.45, 7) is 2.63. The number of hydrogen-bond donors (Lipinski definition) is 4. The fourth-order valence-electron chi connectivity index (χ4n) is 1.64. The van der Waals surface area contributed by atoms with Crippen molar-refractivity contribution in [2.24, 2.45) is 5.73 Å². The number of anilines is 1. The maximum absolute atomic E-state index is 11.1. The number of benzene rings is 1. The highest BCUT2D eigenvalue weighted by atomic mass is 16.2. The van der Waals surface area contributed by atoms with Crippen LogP contribution in [-0.4, -0.2) is 25.5 Å². The van der Waals surface area contributed by atoms with E-state index in [0.29, 0.717) is 18.7 Å². The van der Waals surface area contributed by atoms with Gasteiger partial charge in [-0.3, -0.25) is 4.79 Å². The molecule has 0 bridgehead atoms. The first-order valence-corrected chi connectivity index (χ1v) is 6.13. The van der Waals surface area contributed by atoms with Crippen molar-refractivity contribution < 1.29 is 9.59 Å². The summed E-state index contributed by atoms with van der Waals surface area (Å²) in [6, 6.07) is 6.94. The third kappa shape index (κ3) is 5.39. The van der Waals surface area contributed by atoms with Crippen LogP contribution in [0.15, 0.2) is 24.3 Å². The second kappa shape index (κ2) is 7.38. The maximum atomic E-state index is 11.1. The Labute approximate surface area is 112 Å². The van der Waals surface area contributed by atoms with Crippen molar-refractivity contribution in [3.05, 3.63) is 29.8 Å². The van der Waals surface area contributed by atoms with Gasteiger partial charge in [0.05, 0.1) is 0 Å². The van der Waals surface area contributed by atoms with Crippen LogP contribution in [-0.2, 0) is 4.79 Å². The number of amides is 3. The van der Waals surface area contributed by atoms with Gasteiger partial charge >= 0.3 is 6.03 Å². The van der Waals surface area contributed by atoms with E-state index in [1.807, 2.05) is 19.1 Å². The molecule has 0 saturated carbocycles. The molecule has 6 nitrogen and oxygen atoms in total. The molecule has 0 fully saturated rings. The normalized spacial score (nSPS) is 11.7. The van der Waals surface area contributed by atoms with Crippen molar-refractivity contribution in [3.63, 3.8) is 0 Å². The van der Waals surface area contributed by atoms with Gasteiger partial charge in [0, 0.05) is 31.7 Å². The number of nitrogens with two attached hydrogens (primary N) is 1. The number of carbonyl (C=O) groups is 2. The summed E-state index contributed by atoms with van der Waals surface area (Å²) in [5.41, 5.74) is 6.77. The van der Waals surface area contributed by atoms with E-state index in [4.69, 9.17) is 5.73 Å².